The third-order valence-corrected chi connectivity index (χ3v) is 4.69. The third-order valence-electron chi connectivity index (χ3n) is 4.69. The van der Waals surface area contributed by atoms with Gasteiger partial charge in [0.1, 0.15) is 11.6 Å². The molecule has 0 spiro atoms. The molecule has 6 heteroatoms. The number of nitrogens with zero attached hydrogens (tertiary/aromatic N) is 3. The Morgan fingerprint density at radius 1 is 1.20 bits per heavy atom. The second-order valence-corrected chi connectivity index (χ2v) is 6.55. The van der Waals surface area contributed by atoms with Crippen LogP contribution in [0.3, 0.4) is 0 Å². The van der Waals surface area contributed by atoms with Crippen LogP contribution in [0.15, 0.2) is 30.5 Å². The number of nitrogens with one attached hydrogen (secondary N) is 1. The van der Waals surface area contributed by atoms with Crippen molar-refractivity contribution in [3.8, 4) is 17.3 Å². The lowest BCUT2D eigenvalue weighted by Crippen LogP contribution is -2.03. The molecule has 1 aliphatic rings. The van der Waals surface area contributed by atoms with E-state index < -0.39 is 0 Å². The molecule has 3 heterocycles. The van der Waals surface area contributed by atoms with Crippen LogP contribution >= 0.6 is 0 Å². The summed E-state index contributed by atoms with van der Waals surface area (Å²) in [5.74, 6) is 1.56. The van der Waals surface area contributed by atoms with E-state index in [-0.39, 0.29) is 11.5 Å². The molecule has 6 nitrogen and oxygen atoms in total. The van der Waals surface area contributed by atoms with Gasteiger partial charge in [0.2, 0.25) is 0 Å². The number of carbonyl (C=O) groups is 1. The third kappa shape index (κ3) is 2.84. The number of aromatic nitrogens is 4. The monoisotopic (exact) mass is 336 g/mol. The Morgan fingerprint density at radius 2 is 2.08 bits per heavy atom. The van der Waals surface area contributed by atoms with E-state index in [9.17, 15) is 9.90 Å². The van der Waals surface area contributed by atoms with Crippen molar-refractivity contribution in [1.29, 1.82) is 0 Å². The molecule has 1 aliphatic heterocycles. The zero-order valence-corrected chi connectivity index (χ0v) is 14.1. The number of phenolic OH excluding ortho intramolecular Hbond substituents is 1. The predicted octanol–water partition coefficient (Wildman–Crippen LogP) is 3.24. The number of phenols is 1. The number of aryl methyl sites for hydroxylation is 2. The lowest BCUT2D eigenvalue weighted by molar-refractivity contribution is 0.103. The molecule has 0 fully saturated rings. The van der Waals surface area contributed by atoms with Gasteiger partial charge in [-0.25, -0.2) is 0 Å². The number of aromatic hydroxyl groups is 1. The summed E-state index contributed by atoms with van der Waals surface area (Å²) in [5.41, 5.74) is 2.52. The lowest BCUT2D eigenvalue weighted by atomic mass is 10.0. The fourth-order valence-corrected chi connectivity index (χ4v) is 3.33. The highest BCUT2D eigenvalue weighted by Crippen LogP contribution is 2.26. The number of rotatable bonds is 3. The smallest absolute Gasteiger partial charge is 0.198 e. The number of aromatic amines is 1. The minimum Gasteiger partial charge on any atom is -0.507 e. The SMILES string of the molecule is Cc1ccc(O)c(C(=O)c2c[nH]c(-c3nnc4n3CCCCC4)c2)c1. The minimum atomic E-state index is -0.209. The first-order chi connectivity index (χ1) is 12.1. The summed E-state index contributed by atoms with van der Waals surface area (Å²) in [6.07, 6.45) is 6.05. The molecule has 4 rings (SSSR count). The van der Waals surface area contributed by atoms with Crippen molar-refractivity contribution in [2.45, 2.75) is 39.2 Å². The van der Waals surface area contributed by atoms with Crippen LogP contribution in [0.2, 0.25) is 0 Å². The van der Waals surface area contributed by atoms with Gasteiger partial charge in [0, 0.05) is 24.7 Å². The molecule has 0 aliphatic carbocycles. The molecule has 1 aromatic carbocycles. The summed E-state index contributed by atoms with van der Waals surface area (Å²) in [5, 5.41) is 18.6. The highest BCUT2D eigenvalue weighted by Gasteiger charge is 2.20. The maximum atomic E-state index is 12.7. The molecular formula is C19H20N4O2. The molecule has 0 saturated heterocycles. The Kier molecular flexibility index (Phi) is 3.87. The number of H-pyrrole nitrogens is 1. The quantitative estimate of drug-likeness (QED) is 0.719. The van der Waals surface area contributed by atoms with Crippen LogP contribution < -0.4 is 0 Å². The van der Waals surface area contributed by atoms with E-state index in [0.29, 0.717) is 11.1 Å². The standard InChI is InChI=1S/C19H20N4O2/c1-12-6-7-16(24)14(9-12)18(25)13-10-15(20-11-13)19-22-21-17-5-3-2-4-8-23(17)19/h6-7,9-11,20,24H,2-5,8H2,1H3. The molecular weight excluding hydrogens is 316 g/mol. The van der Waals surface area contributed by atoms with Gasteiger partial charge < -0.3 is 14.7 Å². The lowest BCUT2D eigenvalue weighted by Gasteiger charge is -2.05. The van der Waals surface area contributed by atoms with Gasteiger partial charge in [0.05, 0.1) is 11.3 Å². The highest BCUT2D eigenvalue weighted by atomic mass is 16.3. The number of hydrogen-bond donors (Lipinski definition) is 2. The van der Waals surface area contributed by atoms with Crippen molar-refractivity contribution in [2.75, 3.05) is 0 Å². The highest BCUT2D eigenvalue weighted by molar-refractivity contribution is 6.11. The van der Waals surface area contributed by atoms with Crippen LogP contribution in [0.1, 0.15) is 46.6 Å². The summed E-state index contributed by atoms with van der Waals surface area (Å²) in [7, 11) is 0. The van der Waals surface area contributed by atoms with Gasteiger partial charge in [0.15, 0.2) is 11.6 Å². The first kappa shape index (κ1) is 15.6. The molecule has 0 bridgehead atoms. The Balaban J connectivity index is 1.68. The van der Waals surface area contributed by atoms with Crippen LogP contribution in [0.5, 0.6) is 5.75 Å². The van der Waals surface area contributed by atoms with E-state index in [4.69, 9.17) is 0 Å². The van der Waals surface area contributed by atoms with E-state index in [1.54, 1.807) is 30.5 Å². The number of hydrogen-bond acceptors (Lipinski definition) is 4. The Hall–Kier alpha value is -2.89. The normalized spacial score (nSPS) is 14.1. The minimum absolute atomic E-state index is 0.00491. The maximum Gasteiger partial charge on any atom is 0.198 e. The zero-order valence-electron chi connectivity index (χ0n) is 14.1. The molecule has 0 saturated carbocycles. The number of benzene rings is 1. The molecule has 0 atom stereocenters. The van der Waals surface area contributed by atoms with Gasteiger partial charge in [-0.1, -0.05) is 18.1 Å². The molecule has 25 heavy (non-hydrogen) atoms. The molecule has 3 aromatic rings. The van der Waals surface area contributed by atoms with E-state index in [2.05, 4.69) is 19.7 Å². The summed E-state index contributed by atoms with van der Waals surface area (Å²) in [6.45, 7) is 2.79. The average molecular weight is 336 g/mol. The zero-order chi connectivity index (χ0) is 17.4. The van der Waals surface area contributed by atoms with Gasteiger partial charge in [-0.05, 0) is 38.0 Å². The van der Waals surface area contributed by atoms with E-state index in [1.165, 1.54) is 6.42 Å². The van der Waals surface area contributed by atoms with Crippen LogP contribution in [0, 0.1) is 6.92 Å². The van der Waals surface area contributed by atoms with E-state index in [1.807, 2.05) is 6.92 Å². The van der Waals surface area contributed by atoms with Gasteiger partial charge >= 0.3 is 0 Å². The molecule has 2 aromatic heterocycles. The molecule has 0 radical (unpaired) electrons. The van der Waals surface area contributed by atoms with Gasteiger partial charge in [-0.2, -0.15) is 0 Å². The van der Waals surface area contributed by atoms with Crippen molar-refractivity contribution in [3.63, 3.8) is 0 Å². The van der Waals surface area contributed by atoms with Crippen molar-refractivity contribution in [3.05, 3.63) is 53.0 Å². The van der Waals surface area contributed by atoms with Gasteiger partial charge in [0.25, 0.3) is 0 Å². The topological polar surface area (TPSA) is 83.8 Å². The largest absolute Gasteiger partial charge is 0.507 e. The first-order valence-electron chi connectivity index (χ1n) is 8.58. The van der Waals surface area contributed by atoms with Gasteiger partial charge in [-0.15, -0.1) is 10.2 Å². The summed E-state index contributed by atoms with van der Waals surface area (Å²) in [6, 6.07) is 6.81. The van der Waals surface area contributed by atoms with Crippen LogP contribution in [-0.4, -0.2) is 30.6 Å². The Morgan fingerprint density at radius 3 is 2.96 bits per heavy atom. The molecule has 128 valence electrons. The predicted molar refractivity (Wildman–Crippen MR) is 93.6 cm³/mol. The summed E-state index contributed by atoms with van der Waals surface area (Å²) < 4.78 is 2.14. The Labute approximate surface area is 145 Å². The Bertz CT molecular complexity index is 939. The van der Waals surface area contributed by atoms with Crippen LogP contribution in [0.25, 0.3) is 11.5 Å². The van der Waals surface area contributed by atoms with Crippen molar-refractivity contribution in [1.82, 2.24) is 19.7 Å². The first-order valence-corrected chi connectivity index (χ1v) is 8.58. The van der Waals surface area contributed by atoms with Crippen molar-refractivity contribution < 1.29 is 9.90 Å². The second kappa shape index (κ2) is 6.20. The van der Waals surface area contributed by atoms with E-state index >= 15 is 0 Å². The summed E-state index contributed by atoms with van der Waals surface area (Å²) >= 11 is 0. The summed E-state index contributed by atoms with van der Waals surface area (Å²) in [4.78, 5) is 15.9. The number of ketones is 1. The van der Waals surface area contributed by atoms with Gasteiger partial charge in [-0.3, -0.25) is 4.79 Å². The molecule has 0 amide bonds. The number of fused-ring (bicyclic) bond motifs is 1. The van der Waals surface area contributed by atoms with Crippen LogP contribution in [0.4, 0.5) is 0 Å². The molecule has 0 unspecified atom stereocenters. The fourth-order valence-electron chi connectivity index (χ4n) is 3.33. The second-order valence-electron chi connectivity index (χ2n) is 6.55. The van der Waals surface area contributed by atoms with Crippen molar-refractivity contribution in [2.24, 2.45) is 0 Å². The van der Waals surface area contributed by atoms with Crippen LogP contribution in [-0.2, 0) is 13.0 Å². The maximum absolute atomic E-state index is 12.7. The molecule has 2 N–H and O–H groups in total. The fraction of sp³-hybridized carbons (Fsp3) is 0.316. The van der Waals surface area contributed by atoms with E-state index in [0.717, 1.165) is 48.7 Å². The number of carbonyl (C=O) groups excluding carboxylic acids is 1. The van der Waals surface area contributed by atoms with Crippen molar-refractivity contribution >= 4 is 5.78 Å². The average Bonchev–Trinajstić information content (AvgIpc) is 3.18.